The molecule has 0 bridgehead atoms. The molecule has 0 saturated heterocycles. The first kappa shape index (κ1) is 25.3. The van der Waals surface area contributed by atoms with Crippen LogP contribution in [-0.2, 0) is 5.41 Å². The molecule has 2 aliphatic carbocycles. The van der Waals surface area contributed by atoms with E-state index in [1.54, 1.807) is 0 Å². The summed E-state index contributed by atoms with van der Waals surface area (Å²) >= 11 is 0. The normalized spacial score (nSPS) is 13.1. The van der Waals surface area contributed by atoms with Gasteiger partial charge in [0.25, 0.3) is 0 Å². The molecule has 0 radical (unpaired) electrons. The Kier molecular flexibility index (Phi) is 6.02. The Morgan fingerprint density at radius 3 is 1.10 bits per heavy atom. The third-order valence-corrected chi connectivity index (χ3v) is 8.86. The molecule has 198 valence electrons. The van der Waals surface area contributed by atoms with Crippen molar-refractivity contribution in [1.82, 2.24) is 0 Å². The van der Waals surface area contributed by atoms with Crippen LogP contribution in [0.1, 0.15) is 47.2 Å². The van der Waals surface area contributed by atoms with Gasteiger partial charge in [-0.2, -0.15) is 0 Å². The Bertz CT molecular complexity index is 1760. The van der Waals surface area contributed by atoms with Crippen LogP contribution >= 0.6 is 0 Å². The maximum absolute atomic E-state index is 2.46. The molecule has 6 aromatic rings. The summed E-state index contributed by atoms with van der Waals surface area (Å²) in [6, 6.07) is 50.1. The van der Waals surface area contributed by atoms with Crippen molar-refractivity contribution in [3.05, 3.63) is 167 Å². The summed E-state index contributed by atoms with van der Waals surface area (Å²) in [6.45, 7) is 8.30. The highest BCUT2D eigenvalue weighted by molar-refractivity contribution is 5.96. The van der Waals surface area contributed by atoms with Crippen LogP contribution in [0.25, 0.3) is 44.5 Å². The quantitative estimate of drug-likeness (QED) is 0.210. The minimum atomic E-state index is -0.348. The summed E-state index contributed by atoms with van der Waals surface area (Å²) in [7, 11) is 0. The minimum Gasteiger partial charge on any atom is -0.0683 e. The van der Waals surface area contributed by atoms with Crippen molar-refractivity contribution in [3.8, 4) is 44.5 Å². The van der Waals surface area contributed by atoms with Gasteiger partial charge in [-0.3, -0.25) is 0 Å². The number of fused-ring (bicyclic) bond motifs is 10. The van der Waals surface area contributed by atoms with E-state index in [2.05, 4.69) is 147 Å². The van der Waals surface area contributed by atoms with Gasteiger partial charge in [-0.1, -0.05) is 146 Å². The average molecular weight is 527 g/mol. The molecule has 0 atom stereocenters. The topological polar surface area (TPSA) is 0 Å². The van der Waals surface area contributed by atoms with Crippen LogP contribution in [0, 0.1) is 13.8 Å². The SMILES string of the molecule is CC.Cc1ccc(-c2ccc3c(c2)C2(c4ccccc4-3)c3ccccc3-c3ccc(-c4ccc(C)cc4)cc32)cc1. The van der Waals surface area contributed by atoms with Crippen molar-refractivity contribution in [3.63, 3.8) is 0 Å². The molecule has 0 heterocycles. The summed E-state index contributed by atoms with van der Waals surface area (Å²) < 4.78 is 0. The smallest absolute Gasteiger partial charge is 0.0683 e. The van der Waals surface area contributed by atoms with Gasteiger partial charge in [0, 0.05) is 0 Å². The molecule has 1 spiro atoms. The van der Waals surface area contributed by atoms with Crippen molar-refractivity contribution in [1.29, 1.82) is 0 Å². The van der Waals surface area contributed by atoms with Gasteiger partial charge in [0.1, 0.15) is 0 Å². The van der Waals surface area contributed by atoms with Crippen LogP contribution in [0.2, 0.25) is 0 Å². The van der Waals surface area contributed by atoms with E-state index < -0.39 is 0 Å². The van der Waals surface area contributed by atoms with Gasteiger partial charge in [0.05, 0.1) is 5.41 Å². The van der Waals surface area contributed by atoms with Crippen molar-refractivity contribution in [2.24, 2.45) is 0 Å². The van der Waals surface area contributed by atoms with Crippen LogP contribution in [0.3, 0.4) is 0 Å². The second-order valence-corrected chi connectivity index (χ2v) is 11.1. The van der Waals surface area contributed by atoms with E-state index in [4.69, 9.17) is 0 Å². The molecule has 0 heteroatoms. The third-order valence-electron chi connectivity index (χ3n) is 8.86. The Hall–Kier alpha value is -4.68. The van der Waals surface area contributed by atoms with Gasteiger partial charge in [0.2, 0.25) is 0 Å². The standard InChI is InChI=1S/C39H28.C2H6/c1-25-11-15-27(16-12-25)29-19-21-33-31-7-3-5-9-35(31)39(37(33)23-29)36-10-6-4-8-32(36)34-22-20-30(24-38(34)39)28-17-13-26(2)14-18-28;1-2/h3-24H,1-2H3;1-2H3. The fraction of sp³-hybridized carbons (Fsp3) is 0.122. The van der Waals surface area contributed by atoms with Crippen molar-refractivity contribution in [2.75, 3.05) is 0 Å². The Labute approximate surface area is 244 Å². The molecule has 41 heavy (non-hydrogen) atoms. The summed E-state index contributed by atoms with van der Waals surface area (Å²) in [5, 5.41) is 0. The van der Waals surface area contributed by atoms with Gasteiger partial charge >= 0.3 is 0 Å². The van der Waals surface area contributed by atoms with Crippen LogP contribution in [0.15, 0.2) is 133 Å². The summed E-state index contributed by atoms with van der Waals surface area (Å²) in [5.74, 6) is 0. The molecule has 2 aliphatic rings. The van der Waals surface area contributed by atoms with E-state index >= 15 is 0 Å². The van der Waals surface area contributed by atoms with Crippen LogP contribution in [0.4, 0.5) is 0 Å². The molecule has 0 unspecified atom stereocenters. The predicted octanol–water partition coefficient (Wildman–Crippen LogP) is 11.0. The van der Waals surface area contributed by atoms with Crippen LogP contribution in [-0.4, -0.2) is 0 Å². The van der Waals surface area contributed by atoms with Gasteiger partial charge in [-0.25, -0.2) is 0 Å². The van der Waals surface area contributed by atoms with E-state index in [9.17, 15) is 0 Å². The van der Waals surface area contributed by atoms with E-state index in [-0.39, 0.29) is 5.41 Å². The first-order valence-corrected chi connectivity index (χ1v) is 14.8. The molecule has 0 aromatic heterocycles. The first-order chi connectivity index (χ1) is 20.1. The number of aryl methyl sites for hydroxylation is 2. The fourth-order valence-corrected chi connectivity index (χ4v) is 6.99. The zero-order valence-electron chi connectivity index (χ0n) is 24.2. The average Bonchev–Trinajstić information content (AvgIpc) is 3.49. The highest BCUT2D eigenvalue weighted by Gasteiger charge is 2.51. The number of hydrogen-bond acceptors (Lipinski definition) is 0. The number of benzene rings is 6. The monoisotopic (exact) mass is 526 g/mol. The molecule has 6 aromatic carbocycles. The van der Waals surface area contributed by atoms with Gasteiger partial charge in [-0.15, -0.1) is 0 Å². The van der Waals surface area contributed by atoms with Crippen molar-refractivity contribution >= 4 is 0 Å². The number of hydrogen-bond donors (Lipinski definition) is 0. The summed E-state index contributed by atoms with van der Waals surface area (Å²) in [4.78, 5) is 0. The minimum absolute atomic E-state index is 0.348. The highest BCUT2D eigenvalue weighted by Crippen LogP contribution is 2.63. The van der Waals surface area contributed by atoms with Crippen molar-refractivity contribution < 1.29 is 0 Å². The molecule has 0 saturated carbocycles. The lowest BCUT2D eigenvalue weighted by Gasteiger charge is -2.31. The summed E-state index contributed by atoms with van der Waals surface area (Å²) in [5.41, 5.74) is 18.2. The second-order valence-electron chi connectivity index (χ2n) is 11.1. The molecule has 0 fully saturated rings. The first-order valence-electron chi connectivity index (χ1n) is 14.8. The van der Waals surface area contributed by atoms with E-state index in [1.165, 1.54) is 77.9 Å². The predicted molar refractivity (Wildman–Crippen MR) is 174 cm³/mol. The zero-order valence-corrected chi connectivity index (χ0v) is 24.2. The molecule has 0 aliphatic heterocycles. The molecule has 8 rings (SSSR count). The number of rotatable bonds is 2. The molecule has 0 nitrogen and oxygen atoms in total. The fourth-order valence-electron chi connectivity index (χ4n) is 6.99. The lowest BCUT2D eigenvalue weighted by molar-refractivity contribution is 0.794. The summed E-state index contributed by atoms with van der Waals surface area (Å²) in [6.07, 6.45) is 0. The molecule has 0 N–H and O–H groups in total. The Balaban J connectivity index is 0.00000135. The van der Waals surface area contributed by atoms with Crippen LogP contribution < -0.4 is 0 Å². The van der Waals surface area contributed by atoms with E-state index in [0.717, 1.165) is 0 Å². The van der Waals surface area contributed by atoms with Gasteiger partial charge in [0.15, 0.2) is 0 Å². The zero-order chi connectivity index (χ0) is 28.1. The second kappa shape index (κ2) is 9.75. The lowest BCUT2D eigenvalue weighted by atomic mass is 9.70. The molecular formula is C41H34. The largest absolute Gasteiger partial charge is 0.0725 e. The van der Waals surface area contributed by atoms with Gasteiger partial charge < -0.3 is 0 Å². The van der Waals surface area contributed by atoms with E-state index in [0.29, 0.717) is 0 Å². The van der Waals surface area contributed by atoms with Gasteiger partial charge in [-0.05, 0) is 92.7 Å². The van der Waals surface area contributed by atoms with E-state index in [1.807, 2.05) is 13.8 Å². The Morgan fingerprint density at radius 2 is 0.683 bits per heavy atom. The molecule has 0 amide bonds. The Morgan fingerprint density at radius 1 is 0.341 bits per heavy atom. The maximum atomic E-state index is 2.46. The highest BCUT2D eigenvalue weighted by atomic mass is 14.5. The van der Waals surface area contributed by atoms with Crippen LogP contribution in [0.5, 0.6) is 0 Å². The lowest BCUT2D eigenvalue weighted by Crippen LogP contribution is -2.26. The third kappa shape index (κ3) is 3.67. The van der Waals surface area contributed by atoms with Crippen molar-refractivity contribution in [2.45, 2.75) is 33.1 Å². The molecular weight excluding hydrogens is 492 g/mol. The maximum Gasteiger partial charge on any atom is 0.0725 e.